The van der Waals surface area contributed by atoms with Crippen LogP contribution in [0.25, 0.3) is 6.08 Å². The quantitative estimate of drug-likeness (QED) is 0.801. The van der Waals surface area contributed by atoms with E-state index in [-0.39, 0.29) is 17.0 Å². The van der Waals surface area contributed by atoms with Crippen molar-refractivity contribution in [3.05, 3.63) is 33.7 Å². The zero-order valence-corrected chi connectivity index (χ0v) is 15.3. The standard InChI is InChI=1S/C16H23BBrNO3/c1-15(2)16(3,4)22-17(21-15)12(10-19-5)8-11-6-7-13(18)9-14(11)20/h6-9,19-20H,10H2,1-5H3. The monoisotopic (exact) mass is 367 g/mol. The van der Waals surface area contributed by atoms with Crippen LogP contribution in [0.4, 0.5) is 0 Å². The van der Waals surface area contributed by atoms with E-state index < -0.39 is 7.12 Å². The van der Waals surface area contributed by atoms with E-state index in [4.69, 9.17) is 9.31 Å². The highest BCUT2D eigenvalue weighted by atomic mass is 79.9. The summed E-state index contributed by atoms with van der Waals surface area (Å²) in [5.74, 6) is 0.222. The third kappa shape index (κ3) is 3.57. The smallest absolute Gasteiger partial charge is 0.491 e. The Kier molecular flexibility index (Phi) is 5.07. The van der Waals surface area contributed by atoms with Gasteiger partial charge in [-0.25, -0.2) is 0 Å². The largest absolute Gasteiger partial charge is 0.507 e. The van der Waals surface area contributed by atoms with Crippen molar-refractivity contribution in [2.75, 3.05) is 13.6 Å². The molecule has 0 amide bonds. The molecule has 0 aliphatic carbocycles. The molecule has 120 valence electrons. The summed E-state index contributed by atoms with van der Waals surface area (Å²) in [4.78, 5) is 0. The summed E-state index contributed by atoms with van der Waals surface area (Å²) in [5.41, 5.74) is 0.917. The average molecular weight is 368 g/mol. The van der Waals surface area contributed by atoms with E-state index in [2.05, 4.69) is 21.2 Å². The molecule has 1 heterocycles. The lowest BCUT2D eigenvalue weighted by atomic mass is 9.77. The minimum absolute atomic E-state index is 0.222. The maximum atomic E-state index is 10.1. The second-order valence-corrected chi connectivity index (χ2v) is 7.46. The minimum Gasteiger partial charge on any atom is -0.507 e. The molecule has 0 bridgehead atoms. The summed E-state index contributed by atoms with van der Waals surface area (Å²) in [7, 11) is 1.45. The molecule has 0 aromatic heterocycles. The topological polar surface area (TPSA) is 50.7 Å². The van der Waals surface area contributed by atoms with Crippen LogP contribution in [-0.2, 0) is 9.31 Å². The van der Waals surface area contributed by atoms with Gasteiger partial charge in [-0.1, -0.05) is 28.1 Å². The van der Waals surface area contributed by atoms with Gasteiger partial charge in [-0.05, 0) is 52.3 Å². The van der Waals surface area contributed by atoms with Crippen LogP contribution in [0.2, 0.25) is 0 Å². The Labute approximate surface area is 141 Å². The van der Waals surface area contributed by atoms with Crippen LogP contribution in [0.3, 0.4) is 0 Å². The molecule has 0 radical (unpaired) electrons. The minimum atomic E-state index is -0.430. The molecule has 1 aliphatic heterocycles. The second-order valence-electron chi connectivity index (χ2n) is 6.54. The van der Waals surface area contributed by atoms with E-state index in [1.165, 1.54) is 0 Å². The van der Waals surface area contributed by atoms with Crippen LogP contribution in [0.1, 0.15) is 33.3 Å². The lowest BCUT2D eigenvalue weighted by Crippen LogP contribution is -2.41. The highest BCUT2D eigenvalue weighted by molar-refractivity contribution is 9.10. The van der Waals surface area contributed by atoms with Crippen molar-refractivity contribution >= 4 is 29.1 Å². The lowest BCUT2D eigenvalue weighted by Gasteiger charge is -2.32. The molecule has 1 aromatic rings. The van der Waals surface area contributed by atoms with Gasteiger partial charge in [0, 0.05) is 16.6 Å². The van der Waals surface area contributed by atoms with Crippen molar-refractivity contribution in [1.82, 2.24) is 5.32 Å². The molecule has 2 N–H and O–H groups in total. The number of phenols is 1. The van der Waals surface area contributed by atoms with E-state index >= 15 is 0 Å². The highest BCUT2D eigenvalue weighted by Crippen LogP contribution is 2.39. The van der Waals surface area contributed by atoms with Crippen molar-refractivity contribution in [3.8, 4) is 5.75 Å². The molecule has 0 atom stereocenters. The van der Waals surface area contributed by atoms with E-state index in [0.29, 0.717) is 6.54 Å². The maximum Gasteiger partial charge on any atom is 0.491 e. The van der Waals surface area contributed by atoms with Crippen LogP contribution >= 0.6 is 15.9 Å². The van der Waals surface area contributed by atoms with Gasteiger partial charge < -0.3 is 19.7 Å². The van der Waals surface area contributed by atoms with Crippen molar-refractivity contribution in [1.29, 1.82) is 0 Å². The molecular formula is C16H23BBrNO3. The first kappa shape index (κ1) is 17.5. The van der Waals surface area contributed by atoms with E-state index in [9.17, 15) is 5.11 Å². The van der Waals surface area contributed by atoms with Gasteiger partial charge in [-0.2, -0.15) is 0 Å². The van der Waals surface area contributed by atoms with E-state index in [1.807, 2.05) is 53.0 Å². The zero-order chi connectivity index (χ0) is 16.5. The molecule has 0 unspecified atom stereocenters. The number of benzene rings is 1. The number of aromatic hydroxyl groups is 1. The van der Waals surface area contributed by atoms with Crippen molar-refractivity contribution < 1.29 is 14.4 Å². The Morgan fingerprint density at radius 1 is 1.27 bits per heavy atom. The van der Waals surface area contributed by atoms with Gasteiger partial charge in [-0.3, -0.25) is 0 Å². The Morgan fingerprint density at radius 3 is 2.36 bits per heavy atom. The Morgan fingerprint density at radius 2 is 1.86 bits per heavy atom. The Balaban J connectivity index is 2.33. The summed E-state index contributed by atoms with van der Waals surface area (Å²) in [6, 6.07) is 5.43. The molecule has 2 rings (SSSR count). The first-order valence-corrected chi connectivity index (χ1v) is 8.15. The zero-order valence-electron chi connectivity index (χ0n) is 13.7. The fraction of sp³-hybridized carbons (Fsp3) is 0.500. The molecule has 0 saturated carbocycles. The molecule has 0 spiro atoms. The van der Waals surface area contributed by atoms with Crippen molar-refractivity contribution in [2.45, 2.75) is 38.9 Å². The van der Waals surface area contributed by atoms with Gasteiger partial charge in [0.1, 0.15) is 5.75 Å². The van der Waals surface area contributed by atoms with Gasteiger partial charge in [0.2, 0.25) is 0 Å². The van der Waals surface area contributed by atoms with E-state index in [1.54, 1.807) is 6.07 Å². The number of halogens is 1. The fourth-order valence-corrected chi connectivity index (χ4v) is 2.59. The number of nitrogens with one attached hydrogen (secondary N) is 1. The van der Waals surface area contributed by atoms with Gasteiger partial charge in [-0.15, -0.1) is 0 Å². The maximum absolute atomic E-state index is 10.1. The predicted octanol–water partition coefficient (Wildman–Crippen LogP) is 3.39. The van der Waals surface area contributed by atoms with Gasteiger partial charge >= 0.3 is 7.12 Å². The summed E-state index contributed by atoms with van der Waals surface area (Å²) < 4.78 is 13.0. The van der Waals surface area contributed by atoms with Crippen molar-refractivity contribution in [3.63, 3.8) is 0 Å². The van der Waals surface area contributed by atoms with Crippen molar-refractivity contribution in [2.24, 2.45) is 0 Å². The van der Waals surface area contributed by atoms with E-state index in [0.717, 1.165) is 15.5 Å². The Hall–Kier alpha value is -0.815. The number of hydrogen-bond acceptors (Lipinski definition) is 4. The summed E-state index contributed by atoms with van der Waals surface area (Å²) in [5, 5.41) is 13.2. The molecular weight excluding hydrogens is 345 g/mol. The summed E-state index contributed by atoms with van der Waals surface area (Å²) in [6.07, 6.45) is 1.92. The number of rotatable bonds is 4. The first-order chi connectivity index (χ1) is 10.2. The molecule has 1 aliphatic rings. The van der Waals surface area contributed by atoms with Gasteiger partial charge in [0.25, 0.3) is 0 Å². The van der Waals surface area contributed by atoms with Crippen LogP contribution in [0, 0.1) is 0 Å². The number of phenolic OH excluding ortho intramolecular Hbond substituents is 1. The summed E-state index contributed by atoms with van der Waals surface area (Å²) in [6.45, 7) is 8.73. The lowest BCUT2D eigenvalue weighted by molar-refractivity contribution is 0.00578. The fourth-order valence-electron chi connectivity index (χ4n) is 2.24. The normalized spacial score (nSPS) is 20.5. The molecule has 1 fully saturated rings. The van der Waals surface area contributed by atoms with Crippen LogP contribution in [0.15, 0.2) is 28.1 Å². The third-order valence-electron chi connectivity index (χ3n) is 4.27. The molecule has 1 saturated heterocycles. The number of hydrogen-bond donors (Lipinski definition) is 2. The molecule has 22 heavy (non-hydrogen) atoms. The SMILES string of the molecule is CNCC(=Cc1ccc(Br)cc1O)B1OC(C)(C)C(C)(C)O1. The molecule has 4 nitrogen and oxygen atoms in total. The third-order valence-corrected chi connectivity index (χ3v) is 4.76. The number of likely N-dealkylation sites (N-methyl/N-ethyl adjacent to an activating group) is 1. The summed E-state index contributed by atoms with van der Waals surface area (Å²) >= 11 is 3.35. The predicted molar refractivity (Wildman–Crippen MR) is 93.8 cm³/mol. The second kappa shape index (κ2) is 6.36. The van der Waals surface area contributed by atoms with Crippen LogP contribution in [-0.4, -0.2) is 37.0 Å². The Bertz CT molecular complexity index is 571. The van der Waals surface area contributed by atoms with Crippen LogP contribution < -0.4 is 5.32 Å². The van der Waals surface area contributed by atoms with Gasteiger partial charge in [0.05, 0.1) is 11.2 Å². The van der Waals surface area contributed by atoms with Crippen LogP contribution in [0.5, 0.6) is 5.75 Å². The highest BCUT2D eigenvalue weighted by Gasteiger charge is 2.52. The molecule has 6 heteroatoms. The van der Waals surface area contributed by atoms with Gasteiger partial charge in [0.15, 0.2) is 0 Å². The average Bonchev–Trinajstić information content (AvgIpc) is 2.61. The molecule has 1 aromatic carbocycles. The first-order valence-electron chi connectivity index (χ1n) is 7.35.